The maximum atomic E-state index is 9.67. The van der Waals surface area contributed by atoms with Crippen molar-refractivity contribution in [3.8, 4) is 0 Å². The summed E-state index contributed by atoms with van der Waals surface area (Å²) < 4.78 is 0. The van der Waals surface area contributed by atoms with E-state index < -0.39 is 6.10 Å². The zero-order valence-electron chi connectivity index (χ0n) is 9.30. The Morgan fingerprint density at radius 3 is 2.71 bits per heavy atom. The van der Waals surface area contributed by atoms with Crippen molar-refractivity contribution in [3.63, 3.8) is 0 Å². The molecule has 0 bridgehead atoms. The Hall–Kier alpha value is -1.03. The minimum absolute atomic E-state index is 0.534. The van der Waals surface area contributed by atoms with Gasteiger partial charge in [0, 0.05) is 16.7 Å². The number of halogens is 1. The summed E-state index contributed by atoms with van der Waals surface area (Å²) >= 11 is 7.56. The van der Waals surface area contributed by atoms with Crippen LogP contribution in [0.2, 0.25) is 5.02 Å². The van der Waals surface area contributed by atoms with Crippen LogP contribution in [0.4, 0.5) is 0 Å². The Morgan fingerprint density at radius 2 is 2.00 bits per heavy atom. The molecule has 2 nitrogen and oxygen atoms in total. The number of aromatic nitrogens is 1. The van der Waals surface area contributed by atoms with E-state index in [-0.39, 0.29) is 0 Å². The predicted molar refractivity (Wildman–Crippen MR) is 70.4 cm³/mol. The van der Waals surface area contributed by atoms with Crippen molar-refractivity contribution in [2.45, 2.75) is 22.9 Å². The van der Waals surface area contributed by atoms with Crippen LogP contribution < -0.4 is 0 Å². The Kier molecular flexibility index (Phi) is 4.05. The van der Waals surface area contributed by atoms with Gasteiger partial charge in [0.2, 0.25) is 0 Å². The summed E-state index contributed by atoms with van der Waals surface area (Å²) in [4.78, 5) is 5.22. The Bertz CT molecular complexity index is 516. The van der Waals surface area contributed by atoms with Crippen LogP contribution in [0.5, 0.6) is 0 Å². The number of benzene rings is 1. The molecule has 0 fully saturated rings. The van der Waals surface area contributed by atoms with E-state index in [9.17, 15) is 5.11 Å². The average molecular weight is 266 g/mol. The van der Waals surface area contributed by atoms with Crippen molar-refractivity contribution in [1.82, 2.24) is 4.98 Å². The quantitative estimate of drug-likeness (QED) is 0.913. The first-order valence-electron chi connectivity index (χ1n) is 5.24. The Balaban J connectivity index is 2.34. The van der Waals surface area contributed by atoms with Crippen LogP contribution in [0.25, 0.3) is 0 Å². The molecule has 1 aromatic heterocycles. The highest BCUT2D eigenvalue weighted by molar-refractivity contribution is 7.99. The fourth-order valence-electron chi connectivity index (χ4n) is 1.44. The number of hydrogen-bond donors (Lipinski definition) is 1. The Morgan fingerprint density at radius 1 is 1.24 bits per heavy atom. The zero-order chi connectivity index (χ0) is 12.3. The van der Waals surface area contributed by atoms with Crippen molar-refractivity contribution in [2.24, 2.45) is 0 Å². The zero-order valence-corrected chi connectivity index (χ0v) is 10.9. The van der Waals surface area contributed by atoms with Gasteiger partial charge in [-0.25, -0.2) is 4.98 Å². The molecule has 1 aromatic carbocycles. The molecule has 2 rings (SSSR count). The first-order valence-corrected chi connectivity index (χ1v) is 6.43. The van der Waals surface area contributed by atoms with Gasteiger partial charge in [-0.3, -0.25) is 0 Å². The van der Waals surface area contributed by atoms with Gasteiger partial charge in [0.25, 0.3) is 0 Å². The summed E-state index contributed by atoms with van der Waals surface area (Å²) in [5.74, 6) is 0. The lowest BCUT2D eigenvalue weighted by atomic mass is 10.2. The molecule has 17 heavy (non-hydrogen) atoms. The molecule has 1 atom stereocenters. The van der Waals surface area contributed by atoms with Crippen molar-refractivity contribution in [3.05, 3.63) is 53.2 Å². The van der Waals surface area contributed by atoms with E-state index in [1.54, 1.807) is 13.1 Å². The SMILES string of the molecule is CC(O)c1cccnc1Sc1ccccc1Cl. The molecule has 0 radical (unpaired) electrons. The normalized spacial score (nSPS) is 12.4. The molecule has 4 heteroatoms. The minimum atomic E-state index is -0.534. The van der Waals surface area contributed by atoms with Gasteiger partial charge in [0.1, 0.15) is 5.03 Å². The number of aliphatic hydroxyl groups is 1. The molecular weight excluding hydrogens is 254 g/mol. The highest BCUT2D eigenvalue weighted by Gasteiger charge is 2.11. The number of hydrogen-bond acceptors (Lipinski definition) is 3. The van der Waals surface area contributed by atoms with E-state index in [2.05, 4.69) is 4.98 Å². The monoisotopic (exact) mass is 265 g/mol. The fraction of sp³-hybridized carbons (Fsp3) is 0.154. The lowest BCUT2D eigenvalue weighted by molar-refractivity contribution is 0.195. The summed E-state index contributed by atoms with van der Waals surface area (Å²) in [5.41, 5.74) is 0.817. The molecule has 0 spiro atoms. The van der Waals surface area contributed by atoms with Gasteiger partial charge < -0.3 is 5.11 Å². The molecular formula is C13H12ClNOS. The van der Waals surface area contributed by atoms with Crippen molar-refractivity contribution < 1.29 is 5.11 Å². The first kappa shape index (κ1) is 12.4. The van der Waals surface area contributed by atoms with Crippen LogP contribution in [0.1, 0.15) is 18.6 Å². The van der Waals surface area contributed by atoms with Gasteiger partial charge in [0.05, 0.1) is 11.1 Å². The fourth-order valence-corrected chi connectivity index (χ4v) is 2.68. The smallest absolute Gasteiger partial charge is 0.107 e. The third-order valence-corrected chi connectivity index (χ3v) is 3.85. The van der Waals surface area contributed by atoms with Gasteiger partial charge in [-0.2, -0.15) is 0 Å². The first-order chi connectivity index (χ1) is 8.18. The van der Waals surface area contributed by atoms with E-state index in [0.29, 0.717) is 5.02 Å². The van der Waals surface area contributed by atoms with Crippen molar-refractivity contribution in [2.75, 3.05) is 0 Å². The summed E-state index contributed by atoms with van der Waals surface area (Å²) in [6.07, 6.45) is 1.18. The molecule has 0 aliphatic heterocycles. The van der Waals surface area contributed by atoms with Gasteiger partial charge in [-0.1, -0.05) is 41.6 Å². The second kappa shape index (κ2) is 5.54. The standard InChI is InChI=1S/C13H12ClNOS/c1-9(16)10-5-4-8-15-13(10)17-12-7-3-2-6-11(12)14/h2-9,16H,1H3. The van der Waals surface area contributed by atoms with E-state index in [1.807, 2.05) is 36.4 Å². The van der Waals surface area contributed by atoms with E-state index in [4.69, 9.17) is 11.6 Å². The molecule has 1 N–H and O–H groups in total. The van der Waals surface area contributed by atoms with Crippen molar-refractivity contribution in [1.29, 1.82) is 0 Å². The van der Waals surface area contributed by atoms with Gasteiger partial charge in [-0.05, 0) is 25.1 Å². The molecule has 0 amide bonds. The number of aliphatic hydroxyl groups excluding tert-OH is 1. The molecule has 1 heterocycles. The van der Waals surface area contributed by atoms with Crippen LogP contribution in [0, 0.1) is 0 Å². The number of nitrogens with zero attached hydrogens (tertiary/aromatic N) is 1. The van der Waals surface area contributed by atoms with E-state index in [0.717, 1.165) is 15.5 Å². The van der Waals surface area contributed by atoms with Crippen molar-refractivity contribution >= 4 is 23.4 Å². The predicted octanol–water partition coefficient (Wildman–Crippen LogP) is 3.94. The maximum Gasteiger partial charge on any atom is 0.107 e. The van der Waals surface area contributed by atoms with Crippen LogP contribution in [-0.2, 0) is 0 Å². The summed E-state index contributed by atoms with van der Waals surface area (Å²) in [6.45, 7) is 1.73. The average Bonchev–Trinajstić information content (AvgIpc) is 2.32. The summed E-state index contributed by atoms with van der Waals surface area (Å²) in [7, 11) is 0. The molecule has 88 valence electrons. The maximum absolute atomic E-state index is 9.67. The minimum Gasteiger partial charge on any atom is -0.389 e. The number of pyridine rings is 1. The molecule has 2 aromatic rings. The third kappa shape index (κ3) is 3.00. The van der Waals surface area contributed by atoms with Gasteiger partial charge in [-0.15, -0.1) is 0 Å². The molecule has 1 unspecified atom stereocenters. The molecule has 0 saturated heterocycles. The Labute approximate surface area is 110 Å². The topological polar surface area (TPSA) is 33.1 Å². The highest BCUT2D eigenvalue weighted by Crippen LogP contribution is 2.35. The largest absolute Gasteiger partial charge is 0.389 e. The lowest BCUT2D eigenvalue weighted by Gasteiger charge is -2.10. The highest BCUT2D eigenvalue weighted by atomic mass is 35.5. The second-order valence-corrected chi connectivity index (χ2v) is 5.04. The van der Waals surface area contributed by atoms with Crippen LogP contribution >= 0.6 is 23.4 Å². The third-order valence-electron chi connectivity index (χ3n) is 2.29. The molecule has 0 aliphatic rings. The molecule has 0 aliphatic carbocycles. The number of rotatable bonds is 3. The van der Waals surface area contributed by atoms with Crippen LogP contribution in [-0.4, -0.2) is 10.1 Å². The van der Waals surface area contributed by atoms with Gasteiger partial charge in [0.15, 0.2) is 0 Å². The van der Waals surface area contributed by atoms with E-state index >= 15 is 0 Å². The van der Waals surface area contributed by atoms with Gasteiger partial charge >= 0.3 is 0 Å². The van der Waals surface area contributed by atoms with Crippen LogP contribution in [0.15, 0.2) is 52.5 Å². The molecule has 0 saturated carbocycles. The lowest BCUT2D eigenvalue weighted by Crippen LogP contribution is -1.95. The van der Waals surface area contributed by atoms with E-state index in [1.165, 1.54) is 11.8 Å². The summed E-state index contributed by atoms with van der Waals surface area (Å²) in [6, 6.07) is 11.3. The summed E-state index contributed by atoms with van der Waals surface area (Å²) in [5, 5.41) is 11.1. The van der Waals surface area contributed by atoms with Crippen LogP contribution in [0.3, 0.4) is 0 Å². The second-order valence-electron chi connectivity index (χ2n) is 3.61.